The summed E-state index contributed by atoms with van der Waals surface area (Å²) in [5.41, 5.74) is 0.741. The van der Waals surface area contributed by atoms with Gasteiger partial charge in [0, 0.05) is 0 Å². The van der Waals surface area contributed by atoms with Crippen molar-refractivity contribution in [2.75, 3.05) is 0 Å². The summed E-state index contributed by atoms with van der Waals surface area (Å²) in [6.07, 6.45) is 13.2. The maximum absolute atomic E-state index is 2.44. The van der Waals surface area contributed by atoms with E-state index in [-0.39, 0.29) is 0 Å². The van der Waals surface area contributed by atoms with E-state index in [2.05, 4.69) is 27.7 Å². The van der Waals surface area contributed by atoms with Crippen LogP contribution in [0.25, 0.3) is 0 Å². The maximum Gasteiger partial charge on any atom is -0.0297 e. The predicted molar refractivity (Wildman–Crippen MR) is 73.7 cm³/mol. The van der Waals surface area contributed by atoms with Gasteiger partial charge in [0.15, 0.2) is 0 Å². The van der Waals surface area contributed by atoms with Crippen molar-refractivity contribution in [3.8, 4) is 0 Å². The fourth-order valence-corrected chi connectivity index (χ4v) is 3.29. The minimum atomic E-state index is 0.741. The van der Waals surface area contributed by atoms with Crippen molar-refractivity contribution in [3.63, 3.8) is 0 Å². The van der Waals surface area contributed by atoms with Gasteiger partial charge in [0.1, 0.15) is 0 Å². The molecule has 16 heavy (non-hydrogen) atoms. The first-order valence-corrected chi connectivity index (χ1v) is 7.62. The zero-order valence-electron chi connectivity index (χ0n) is 12.0. The molecule has 0 aromatic rings. The maximum atomic E-state index is 2.44. The number of hydrogen-bond donors (Lipinski definition) is 0. The normalized spacial score (nSPS) is 32.6. The first kappa shape index (κ1) is 14.1. The Hall–Kier alpha value is 0. The van der Waals surface area contributed by atoms with Crippen LogP contribution in [-0.4, -0.2) is 0 Å². The van der Waals surface area contributed by atoms with Crippen molar-refractivity contribution in [2.24, 2.45) is 17.3 Å². The van der Waals surface area contributed by atoms with Crippen molar-refractivity contribution in [2.45, 2.75) is 85.5 Å². The Bertz CT molecular complexity index is 174. The lowest BCUT2D eigenvalue weighted by Gasteiger charge is -2.40. The van der Waals surface area contributed by atoms with Crippen molar-refractivity contribution in [3.05, 3.63) is 0 Å². The zero-order chi connectivity index (χ0) is 12.0. The van der Waals surface area contributed by atoms with Crippen molar-refractivity contribution in [1.29, 1.82) is 0 Å². The lowest BCUT2D eigenvalue weighted by atomic mass is 9.65. The summed E-state index contributed by atoms with van der Waals surface area (Å²) < 4.78 is 0. The van der Waals surface area contributed by atoms with E-state index in [0.29, 0.717) is 0 Å². The Morgan fingerprint density at radius 3 is 2.25 bits per heavy atom. The lowest BCUT2D eigenvalue weighted by molar-refractivity contribution is 0.118. The van der Waals surface area contributed by atoms with Crippen LogP contribution in [-0.2, 0) is 0 Å². The summed E-state index contributed by atoms with van der Waals surface area (Å²) in [4.78, 5) is 0. The van der Waals surface area contributed by atoms with Crippen molar-refractivity contribution >= 4 is 0 Å². The highest BCUT2D eigenvalue weighted by Crippen LogP contribution is 2.46. The van der Waals surface area contributed by atoms with Gasteiger partial charge in [-0.3, -0.25) is 0 Å². The van der Waals surface area contributed by atoms with Gasteiger partial charge >= 0.3 is 0 Å². The topological polar surface area (TPSA) is 0 Å². The second-order valence-corrected chi connectivity index (χ2v) is 6.48. The fraction of sp³-hybridized carbons (Fsp3) is 1.00. The molecule has 0 aromatic carbocycles. The summed E-state index contributed by atoms with van der Waals surface area (Å²) in [6, 6.07) is 0. The summed E-state index contributed by atoms with van der Waals surface area (Å²) in [6.45, 7) is 9.55. The number of rotatable bonds is 6. The molecule has 0 heteroatoms. The molecule has 0 saturated heterocycles. The average molecular weight is 224 g/mol. The minimum Gasteiger partial charge on any atom is -0.0654 e. The molecule has 0 N–H and O–H groups in total. The van der Waals surface area contributed by atoms with Gasteiger partial charge in [0.05, 0.1) is 0 Å². The third-order valence-electron chi connectivity index (χ3n) is 4.98. The Labute approximate surface area is 103 Å². The summed E-state index contributed by atoms with van der Waals surface area (Å²) in [7, 11) is 0. The second-order valence-electron chi connectivity index (χ2n) is 6.48. The monoisotopic (exact) mass is 224 g/mol. The van der Waals surface area contributed by atoms with Gasteiger partial charge in [-0.05, 0) is 42.9 Å². The van der Waals surface area contributed by atoms with E-state index in [0.717, 1.165) is 17.3 Å². The van der Waals surface area contributed by atoms with Crippen LogP contribution in [0.1, 0.15) is 85.5 Å². The SMILES string of the molecule is CCCC1(CCC(C)CC)CCC(C)CC1. The van der Waals surface area contributed by atoms with Crippen LogP contribution in [0.5, 0.6) is 0 Å². The van der Waals surface area contributed by atoms with Gasteiger partial charge < -0.3 is 0 Å². The Kier molecular flexibility index (Phi) is 5.86. The van der Waals surface area contributed by atoms with Crippen LogP contribution in [0, 0.1) is 17.3 Å². The van der Waals surface area contributed by atoms with Crippen molar-refractivity contribution < 1.29 is 0 Å². The fourth-order valence-electron chi connectivity index (χ4n) is 3.29. The lowest BCUT2D eigenvalue weighted by Crippen LogP contribution is -2.27. The largest absolute Gasteiger partial charge is 0.0654 e. The molecular formula is C16H32. The third-order valence-corrected chi connectivity index (χ3v) is 4.98. The smallest absolute Gasteiger partial charge is 0.0297 e. The second kappa shape index (κ2) is 6.67. The quantitative estimate of drug-likeness (QED) is 0.534. The highest BCUT2D eigenvalue weighted by atomic mass is 14.4. The van der Waals surface area contributed by atoms with Gasteiger partial charge in [-0.15, -0.1) is 0 Å². The molecule has 0 aromatic heterocycles. The standard InChI is InChI=1S/C16H32/c1-5-10-16(11-7-14(3)6-2)12-8-15(4)9-13-16/h14-15H,5-13H2,1-4H3. The van der Waals surface area contributed by atoms with E-state index in [1.165, 1.54) is 57.8 Å². The molecule has 1 fully saturated rings. The van der Waals surface area contributed by atoms with E-state index in [1.54, 1.807) is 0 Å². The van der Waals surface area contributed by atoms with Crippen LogP contribution in [0.2, 0.25) is 0 Å². The molecule has 0 spiro atoms. The van der Waals surface area contributed by atoms with E-state index in [1.807, 2.05) is 0 Å². The first-order valence-electron chi connectivity index (χ1n) is 7.62. The van der Waals surface area contributed by atoms with Crippen molar-refractivity contribution in [1.82, 2.24) is 0 Å². The summed E-state index contributed by atoms with van der Waals surface area (Å²) >= 11 is 0. The van der Waals surface area contributed by atoms with E-state index in [4.69, 9.17) is 0 Å². The molecule has 0 heterocycles. The molecule has 0 radical (unpaired) electrons. The molecule has 1 saturated carbocycles. The Balaban J connectivity index is 2.45. The van der Waals surface area contributed by atoms with Crippen LogP contribution < -0.4 is 0 Å². The molecule has 1 aliphatic carbocycles. The summed E-state index contributed by atoms with van der Waals surface area (Å²) in [5.74, 6) is 1.93. The highest BCUT2D eigenvalue weighted by molar-refractivity contribution is 4.84. The van der Waals surface area contributed by atoms with Crippen LogP contribution in [0.15, 0.2) is 0 Å². The van der Waals surface area contributed by atoms with E-state index < -0.39 is 0 Å². The summed E-state index contributed by atoms with van der Waals surface area (Å²) in [5, 5.41) is 0. The van der Waals surface area contributed by atoms with Crippen LogP contribution >= 0.6 is 0 Å². The first-order chi connectivity index (χ1) is 7.62. The van der Waals surface area contributed by atoms with E-state index in [9.17, 15) is 0 Å². The molecule has 0 amide bonds. The van der Waals surface area contributed by atoms with Crippen LogP contribution in [0.3, 0.4) is 0 Å². The van der Waals surface area contributed by atoms with Gasteiger partial charge in [-0.1, -0.05) is 59.8 Å². The Morgan fingerprint density at radius 1 is 1.12 bits per heavy atom. The van der Waals surface area contributed by atoms with Gasteiger partial charge in [0.25, 0.3) is 0 Å². The molecular weight excluding hydrogens is 192 g/mol. The molecule has 1 rings (SSSR count). The molecule has 0 bridgehead atoms. The predicted octanol–water partition coefficient (Wildman–Crippen LogP) is 5.81. The van der Waals surface area contributed by atoms with Gasteiger partial charge in [-0.2, -0.15) is 0 Å². The molecule has 1 unspecified atom stereocenters. The molecule has 0 nitrogen and oxygen atoms in total. The van der Waals surface area contributed by atoms with Gasteiger partial charge in [0.2, 0.25) is 0 Å². The van der Waals surface area contributed by atoms with E-state index >= 15 is 0 Å². The highest BCUT2D eigenvalue weighted by Gasteiger charge is 2.32. The molecule has 0 aliphatic heterocycles. The van der Waals surface area contributed by atoms with Crippen LogP contribution in [0.4, 0.5) is 0 Å². The Morgan fingerprint density at radius 2 is 1.75 bits per heavy atom. The van der Waals surface area contributed by atoms with Gasteiger partial charge in [-0.25, -0.2) is 0 Å². The third kappa shape index (κ3) is 4.11. The molecule has 1 atom stereocenters. The number of hydrogen-bond acceptors (Lipinski definition) is 0. The minimum absolute atomic E-state index is 0.741. The molecule has 1 aliphatic rings. The average Bonchev–Trinajstić information content (AvgIpc) is 2.30. The zero-order valence-corrected chi connectivity index (χ0v) is 12.0. The molecule has 96 valence electrons.